The van der Waals surface area contributed by atoms with Crippen LogP contribution in [0.4, 0.5) is 0 Å². The van der Waals surface area contributed by atoms with Gasteiger partial charge in [0.25, 0.3) is 5.91 Å². The highest BCUT2D eigenvalue weighted by atomic mass is 32.2. The number of hydrogen-bond acceptors (Lipinski definition) is 5. The smallest absolute Gasteiger partial charge is 0.353 e. The van der Waals surface area contributed by atoms with Gasteiger partial charge >= 0.3 is 11.9 Å². The quantitative estimate of drug-likeness (QED) is 0.558. The molecule has 1 unspecified atom stereocenters. The Morgan fingerprint density at radius 1 is 1.32 bits per heavy atom. The number of fused-ring (bicyclic) bond motifs is 1. The minimum absolute atomic E-state index is 0.0263. The van der Waals surface area contributed by atoms with Crippen molar-refractivity contribution in [3.8, 4) is 0 Å². The fourth-order valence-corrected chi connectivity index (χ4v) is 3.33. The third-order valence-corrected chi connectivity index (χ3v) is 4.07. The normalized spacial score (nSPS) is 25.5. The third-order valence-electron chi connectivity index (χ3n) is 2.79. The zero-order valence-electron chi connectivity index (χ0n) is 9.74. The number of carboxylic acid groups (broad SMARTS) is 2. The molecule has 3 N–H and O–H groups in total. The van der Waals surface area contributed by atoms with E-state index in [1.165, 1.54) is 6.92 Å². The Balaban J connectivity index is 2.33. The van der Waals surface area contributed by atoms with Crippen molar-refractivity contribution in [2.24, 2.45) is 0 Å². The van der Waals surface area contributed by atoms with Crippen LogP contribution >= 0.6 is 11.8 Å². The number of amides is 2. The Morgan fingerprint density at radius 3 is 2.42 bits per heavy atom. The Kier molecular flexibility index (Phi) is 3.23. The number of β-lactam (4-membered cyclic amide) rings is 1. The maximum atomic E-state index is 11.8. The summed E-state index contributed by atoms with van der Waals surface area (Å²) in [5, 5.41) is 19.8. The maximum Gasteiger partial charge on any atom is 0.353 e. The minimum atomic E-state index is -1.46. The van der Waals surface area contributed by atoms with Gasteiger partial charge in [-0.2, -0.15) is 0 Å². The predicted molar refractivity (Wildman–Crippen MR) is 63.0 cm³/mol. The molecular weight excluding hydrogens is 276 g/mol. The van der Waals surface area contributed by atoms with Gasteiger partial charge in [0, 0.05) is 12.7 Å². The van der Waals surface area contributed by atoms with Crippen molar-refractivity contribution >= 4 is 35.5 Å². The van der Waals surface area contributed by atoms with Crippen molar-refractivity contribution in [3.63, 3.8) is 0 Å². The number of thioether (sulfide) groups is 1. The van der Waals surface area contributed by atoms with Gasteiger partial charge in [-0.05, 0) is 0 Å². The van der Waals surface area contributed by atoms with E-state index in [1.807, 2.05) is 0 Å². The summed E-state index contributed by atoms with van der Waals surface area (Å²) in [7, 11) is 0. The standard InChI is InChI=1S/C10H10N2O6S/c1-3(13)11-5-7(14)12-6(10(17)18)4(9(15)16)2-19-8(5)12/h5,8H,2H2,1H3,(H,11,13)(H,15,16)(H,17,18)/t5?,8-/m0/s1. The molecule has 0 radical (unpaired) electrons. The van der Waals surface area contributed by atoms with Crippen LogP contribution in [0.2, 0.25) is 0 Å². The van der Waals surface area contributed by atoms with E-state index in [9.17, 15) is 19.2 Å². The Bertz CT molecular complexity index is 528. The lowest BCUT2D eigenvalue weighted by Gasteiger charge is -2.48. The third kappa shape index (κ3) is 2.05. The van der Waals surface area contributed by atoms with Gasteiger partial charge in [-0.1, -0.05) is 0 Å². The van der Waals surface area contributed by atoms with E-state index in [0.29, 0.717) is 0 Å². The Morgan fingerprint density at radius 2 is 1.95 bits per heavy atom. The van der Waals surface area contributed by atoms with Gasteiger partial charge in [-0.15, -0.1) is 11.8 Å². The molecule has 2 amide bonds. The summed E-state index contributed by atoms with van der Waals surface area (Å²) < 4.78 is 0. The minimum Gasteiger partial charge on any atom is -0.478 e. The number of carboxylic acids is 2. The van der Waals surface area contributed by atoms with Gasteiger partial charge in [0.1, 0.15) is 17.1 Å². The number of rotatable bonds is 3. The van der Waals surface area contributed by atoms with Crippen LogP contribution in [0.3, 0.4) is 0 Å². The SMILES string of the molecule is CC(=O)NC1C(=O)N2C(C(=O)O)=C(C(=O)O)CS[C@@H]12. The molecule has 19 heavy (non-hydrogen) atoms. The first-order valence-electron chi connectivity index (χ1n) is 5.26. The topological polar surface area (TPSA) is 124 Å². The van der Waals surface area contributed by atoms with E-state index in [4.69, 9.17) is 10.2 Å². The molecule has 0 aromatic heterocycles. The summed E-state index contributed by atoms with van der Waals surface area (Å²) >= 11 is 1.11. The van der Waals surface area contributed by atoms with Crippen LogP contribution in [0.1, 0.15) is 6.92 Å². The molecule has 2 aliphatic heterocycles. The first kappa shape index (κ1) is 13.4. The van der Waals surface area contributed by atoms with Crippen molar-refractivity contribution < 1.29 is 29.4 Å². The molecule has 0 saturated carbocycles. The lowest BCUT2D eigenvalue weighted by Crippen LogP contribution is -2.70. The highest BCUT2D eigenvalue weighted by Crippen LogP contribution is 2.40. The molecule has 0 aromatic rings. The van der Waals surface area contributed by atoms with E-state index in [2.05, 4.69) is 5.32 Å². The summed E-state index contributed by atoms with van der Waals surface area (Å²) in [6.07, 6.45) is 0. The molecular formula is C10H10N2O6S. The molecule has 2 heterocycles. The molecule has 2 aliphatic rings. The van der Waals surface area contributed by atoms with Crippen LogP contribution in [0.25, 0.3) is 0 Å². The van der Waals surface area contributed by atoms with Gasteiger partial charge in [-0.3, -0.25) is 14.5 Å². The van der Waals surface area contributed by atoms with Gasteiger partial charge in [0.05, 0.1) is 5.57 Å². The second kappa shape index (κ2) is 4.57. The zero-order chi connectivity index (χ0) is 14.3. The predicted octanol–water partition coefficient (Wildman–Crippen LogP) is -1.17. The fraction of sp³-hybridized carbons (Fsp3) is 0.400. The molecule has 0 aliphatic carbocycles. The largest absolute Gasteiger partial charge is 0.478 e. The molecule has 0 spiro atoms. The number of carbonyl (C=O) groups excluding carboxylic acids is 2. The molecule has 9 heteroatoms. The molecule has 2 atom stereocenters. The van der Waals surface area contributed by atoms with Crippen molar-refractivity contribution in [2.45, 2.75) is 18.3 Å². The van der Waals surface area contributed by atoms with Crippen LogP contribution in [-0.2, 0) is 19.2 Å². The summed E-state index contributed by atoms with van der Waals surface area (Å²) in [5.74, 6) is -3.86. The molecule has 0 bridgehead atoms. The van der Waals surface area contributed by atoms with Crippen molar-refractivity contribution in [3.05, 3.63) is 11.3 Å². The second-order valence-electron chi connectivity index (χ2n) is 4.03. The van der Waals surface area contributed by atoms with Crippen LogP contribution in [0.15, 0.2) is 11.3 Å². The number of nitrogens with zero attached hydrogens (tertiary/aromatic N) is 1. The van der Waals surface area contributed by atoms with E-state index in [1.54, 1.807) is 0 Å². The highest BCUT2D eigenvalue weighted by molar-refractivity contribution is 8.00. The lowest BCUT2D eigenvalue weighted by atomic mass is 10.0. The van der Waals surface area contributed by atoms with Crippen LogP contribution in [-0.4, -0.2) is 56.0 Å². The Hall–Kier alpha value is -2.03. The van der Waals surface area contributed by atoms with Crippen LogP contribution in [0.5, 0.6) is 0 Å². The number of nitrogens with one attached hydrogen (secondary N) is 1. The lowest BCUT2D eigenvalue weighted by molar-refractivity contribution is -0.151. The maximum absolute atomic E-state index is 11.8. The van der Waals surface area contributed by atoms with E-state index < -0.39 is 40.9 Å². The average molecular weight is 286 g/mol. The molecule has 8 nitrogen and oxygen atoms in total. The van der Waals surface area contributed by atoms with Crippen molar-refractivity contribution in [2.75, 3.05) is 5.75 Å². The second-order valence-corrected chi connectivity index (χ2v) is 5.13. The summed E-state index contributed by atoms with van der Waals surface area (Å²) in [6, 6.07) is -0.799. The number of carbonyl (C=O) groups is 4. The van der Waals surface area contributed by atoms with Crippen LogP contribution < -0.4 is 5.32 Å². The molecule has 1 saturated heterocycles. The fourth-order valence-electron chi connectivity index (χ4n) is 2.00. The van der Waals surface area contributed by atoms with Crippen LogP contribution in [0, 0.1) is 0 Å². The van der Waals surface area contributed by atoms with Crippen molar-refractivity contribution in [1.82, 2.24) is 10.2 Å². The first-order valence-corrected chi connectivity index (χ1v) is 6.31. The average Bonchev–Trinajstić information content (AvgIpc) is 2.33. The van der Waals surface area contributed by atoms with Gasteiger partial charge in [-0.25, -0.2) is 9.59 Å². The summed E-state index contributed by atoms with van der Waals surface area (Å²) in [6.45, 7) is 1.25. The summed E-state index contributed by atoms with van der Waals surface area (Å²) in [5.41, 5.74) is -0.828. The number of hydrogen-bond donors (Lipinski definition) is 3. The van der Waals surface area contributed by atoms with E-state index in [0.717, 1.165) is 16.7 Å². The van der Waals surface area contributed by atoms with E-state index in [-0.39, 0.29) is 11.3 Å². The summed E-state index contributed by atoms with van der Waals surface area (Å²) in [4.78, 5) is 45.8. The van der Waals surface area contributed by atoms with Crippen molar-refractivity contribution in [1.29, 1.82) is 0 Å². The van der Waals surface area contributed by atoms with Gasteiger partial charge in [0.2, 0.25) is 5.91 Å². The van der Waals surface area contributed by atoms with E-state index >= 15 is 0 Å². The molecule has 2 rings (SSSR count). The zero-order valence-corrected chi connectivity index (χ0v) is 10.6. The molecule has 1 fully saturated rings. The first-order chi connectivity index (χ1) is 8.84. The monoisotopic (exact) mass is 286 g/mol. The van der Waals surface area contributed by atoms with Gasteiger partial charge in [0.15, 0.2) is 0 Å². The van der Waals surface area contributed by atoms with Gasteiger partial charge < -0.3 is 15.5 Å². The Labute approximate surface area is 111 Å². The molecule has 102 valence electrons. The highest BCUT2D eigenvalue weighted by Gasteiger charge is 2.54. The molecule has 0 aromatic carbocycles. The number of aliphatic carboxylic acids is 2.